The van der Waals surface area contributed by atoms with Crippen molar-refractivity contribution < 1.29 is 0 Å². The fourth-order valence-electron chi connectivity index (χ4n) is 7.06. The van der Waals surface area contributed by atoms with Gasteiger partial charge in [0.05, 0.1) is 0 Å². The van der Waals surface area contributed by atoms with Crippen LogP contribution in [0.3, 0.4) is 0 Å². The van der Waals surface area contributed by atoms with Crippen molar-refractivity contribution in [1.29, 1.82) is 0 Å². The van der Waals surface area contributed by atoms with Crippen molar-refractivity contribution in [2.45, 2.75) is 95.2 Å². The van der Waals surface area contributed by atoms with E-state index < -0.39 is 18.4 Å². The molecule has 0 bridgehead atoms. The van der Waals surface area contributed by atoms with Crippen LogP contribution in [0.1, 0.15) is 82.9 Å². The first-order valence-corrected chi connectivity index (χ1v) is 22.3. The van der Waals surface area contributed by atoms with E-state index in [0.717, 1.165) is 4.06 Å². The summed E-state index contributed by atoms with van der Waals surface area (Å²) >= 11 is -2.51. The molecule has 4 rings (SSSR count). The minimum absolute atomic E-state index is 0.235. The van der Waals surface area contributed by atoms with E-state index >= 15 is 0 Å². The van der Waals surface area contributed by atoms with Gasteiger partial charge in [0, 0.05) is 0 Å². The van der Waals surface area contributed by atoms with E-state index in [2.05, 4.69) is 124 Å². The van der Waals surface area contributed by atoms with Crippen molar-refractivity contribution in [2.24, 2.45) is 0 Å². The summed E-state index contributed by atoms with van der Waals surface area (Å²) in [5.74, 6) is 0. The van der Waals surface area contributed by atoms with Crippen molar-refractivity contribution >= 4 is 18.4 Å². The summed E-state index contributed by atoms with van der Waals surface area (Å²) in [4.78, 5) is 3.00. The van der Waals surface area contributed by atoms with Crippen molar-refractivity contribution in [3.8, 4) is 0 Å². The minimum atomic E-state index is -2.51. The summed E-state index contributed by atoms with van der Waals surface area (Å²) in [5.41, 5.74) is 4.01. The molecule has 3 atom stereocenters. The Hall–Kier alpha value is -1.58. The fourth-order valence-corrected chi connectivity index (χ4v) is 26.8. The summed E-state index contributed by atoms with van der Waals surface area (Å²) in [6.07, 6.45) is 8.28. The van der Waals surface area contributed by atoms with Gasteiger partial charge in [-0.1, -0.05) is 0 Å². The summed E-state index contributed by atoms with van der Waals surface area (Å²) in [7, 11) is 0. The van der Waals surface area contributed by atoms with Crippen LogP contribution in [0.15, 0.2) is 91.0 Å². The molecular weight excluding hydrogens is 541 g/mol. The molecule has 3 aromatic rings. The van der Waals surface area contributed by atoms with E-state index in [0.29, 0.717) is 6.04 Å². The van der Waals surface area contributed by atoms with Gasteiger partial charge in [0.1, 0.15) is 0 Å². The standard InChI is InChI=1S/C22H20N.3C4H9.Sn/c1-18-17-23(18)22(19-11-5-2-6-12-19,20-13-7-3-8-14-20)21-15-9-4-10-16-21;3*1-3-4-2;/h2-18H,1H3;3*1,3-4H2,2H3;/t18-,23?;;;;/m0..../s1. The summed E-state index contributed by atoms with van der Waals surface area (Å²) in [5, 5.41) is 0. The molecule has 1 saturated heterocycles. The Kier molecular flexibility index (Phi) is 9.75. The second-order valence-corrected chi connectivity index (χ2v) is 24.8. The third kappa shape index (κ3) is 5.34. The van der Waals surface area contributed by atoms with E-state index in [4.69, 9.17) is 0 Å². The van der Waals surface area contributed by atoms with Gasteiger partial charge in [-0.2, -0.15) is 0 Å². The van der Waals surface area contributed by atoms with Gasteiger partial charge < -0.3 is 0 Å². The molecule has 0 saturated carbocycles. The summed E-state index contributed by atoms with van der Waals surface area (Å²) < 4.78 is 5.48. The molecule has 1 aliphatic heterocycles. The van der Waals surface area contributed by atoms with Crippen molar-refractivity contribution in [3.05, 3.63) is 108 Å². The molecule has 0 radical (unpaired) electrons. The van der Waals surface area contributed by atoms with Crippen LogP contribution in [0.4, 0.5) is 0 Å². The average molecular weight is 588 g/mol. The number of hydrogen-bond acceptors (Lipinski definition) is 1. The third-order valence-electron chi connectivity index (χ3n) is 8.78. The summed E-state index contributed by atoms with van der Waals surface area (Å²) in [6.45, 7) is 9.75. The van der Waals surface area contributed by atoms with Crippen LogP contribution in [0.2, 0.25) is 13.3 Å². The van der Waals surface area contributed by atoms with E-state index in [1.807, 2.05) is 0 Å². The Morgan fingerprint density at radius 1 is 0.583 bits per heavy atom. The molecule has 1 nitrogen and oxygen atoms in total. The van der Waals surface area contributed by atoms with Crippen molar-refractivity contribution in [1.82, 2.24) is 4.90 Å². The first kappa shape index (κ1) is 27.5. The molecule has 1 heterocycles. The number of hydrogen-bond donors (Lipinski definition) is 0. The van der Waals surface area contributed by atoms with Crippen LogP contribution >= 0.6 is 0 Å². The van der Waals surface area contributed by atoms with Crippen LogP contribution < -0.4 is 0 Å². The Bertz CT molecular complexity index is 914. The molecule has 1 fully saturated rings. The summed E-state index contributed by atoms with van der Waals surface area (Å²) in [6, 6.07) is 34.8. The Balaban J connectivity index is 1.92. The monoisotopic (exact) mass is 589 g/mol. The Labute approximate surface area is 225 Å². The normalized spacial score (nSPS) is 19.8. The molecule has 0 spiro atoms. The zero-order chi connectivity index (χ0) is 25.4. The van der Waals surface area contributed by atoms with Gasteiger partial charge in [-0.15, -0.1) is 0 Å². The third-order valence-corrected chi connectivity index (χ3v) is 26.1. The maximum atomic E-state index is 3.00. The molecule has 1 aliphatic rings. The van der Waals surface area contributed by atoms with Gasteiger partial charge in [0.25, 0.3) is 0 Å². The molecule has 0 aliphatic carbocycles. The van der Waals surface area contributed by atoms with Gasteiger partial charge >= 0.3 is 226 Å². The number of nitrogens with zero attached hydrogens (tertiary/aromatic N) is 1. The molecule has 0 N–H and O–H groups in total. The quantitative estimate of drug-likeness (QED) is 0.103. The first-order valence-electron chi connectivity index (χ1n) is 14.6. The predicted octanol–water partition coefficient (Wildman–Crippen LogP) is 9.44. The zero-order valence-corrected chi connectivity index (χ0v) is 26.0. The molecule has 0 aromatic heterocycles. The number of benzene rings is 3. The van der Waals surface area contributed by atoms with Gasteiger partial charge in [-0.3, -0.25) is 0 Å². The average Bonchev–Trinajstić information content (AvgIpc) is 3.62. The van der Waals surface area contributed by atoms with Gasteiger partial charge in [0.15, 0.2) is 0 Å². The van der Waals surface area contributed by atoms with Crippen LogP contribution in [0.5, 0.6) is 0 Å². The second kappa shape index (κ2) is 12.8. The van der Waals surface area contributed by atoms with E-state index in [-0.39, 0.29) is 5.54 Å². The number of rotatable bonds is 14. The second-order valence-electron chi connectivity index (χ2n) is 11.1. The van der Waals surface area contributed by atoms with Gasteiger partial charge in [0.2, 0.25) is 0 Å². The molecule has 36 heavy (non-hydrogen) atoms. The van der Waals surface area contributed by atoms with Gasteiger partial charge in [-0.05, 0) is 0 Å². The fraction of sp³-hybridized carbons (Fsp3) is 0.471. The van der Waals surface area contributed by atoms with Crippen LogP contribution in [0, 0.1) is 0 Å². The molecule has 2 heteroatoms. The van der Waals surface area contributed by atoms with E-state index in [1.54, 1.807) is 13.3 Å². The topological polar surface area (TPSA) is 3.01 Å². The molecule has 192 valence electrons. The van der Waals surface area contributed by atoms with Crippen LogP contribution in [0.25, 0.3) is 0 Å². The van der Waals surface area contributed by atoms with Gasteiger partial charge in [-0.25, -0.2) is 0 Å². The van der Waals surface area contributed by atoms with E-state index in [9.17, 15) is 0 Å². The van der Waals surface area contributed by atoms with Crippen molar-refractivity contribution in [2.75, 3.05) is 0 Å². The SMILES string of the molecule is CCC[CH2][Sn]([CH2]CCC)([CH2]CCC)[C@@H]1[C@H](C)N1C(c1ccccc1)(c1ccccc1)c1ccccc1. The maximum absolute atomic E-state index is 3.00. The van der Waals surface area contributed by atoms with Crippen molar-refractivity contribution in [3.63, 3.8) is 0 Å². The zero-order valence-electron chi connectivity index (χ0n) is 23.1. The number of unbranched alkanes of at least 4 members (excludes halogenated alkanes) is 3. The molecular formula is C34H47NSn. The first-order chi connectivity index (χ1) is 17.7. The van der Waals surface area contributed by atoms with Crippen LogP contribution in [-0.2, 0) is 5.54 Å². The Morgan fingerprint density at radius 3 is 1.22 bits per heavy atom. The predicted molar refractivity (Wildman–Crippen MR) is 159 cm³/mol. The Morgan fingerprint density at radius 2 is 0.917 bits per heavy atom. The van der Waals surface area contributed by atoms with Crippen LogP contribution in [-0.4, -0.2) is 33.4 Å². The van der Waals surface area contributed by atoms with E-state index in [1.165, 1.54) is 55.2 Å². The molecule has 0 amide bonds. The molecule has 1 unspecified atom stereocenters. The molecule has 3 aromatic carbocycles.